The molecular weight excluding hydrogens is 216 g/mol. The molecule has 0 aliphatic rings. The van der Waals surface area contributed by atoms with E-state index in [9.17, 15) is 4.79 Å². The van der Waals surface area contributed by atoms with E-state index >= 15 is 0 Å². The zero-order valence-corrected chi connectivity index (χ0v) is 10.1. The van der Waals surface area contributed by atoms with E-state index in [-0.39, 0.29) is 0 Å². The maximum absolute atomic E-state index is 11.6. The summed E-state index contributed by atoms with van der Waals surface area (Å²) in [6, 6.07) is 7.94. The van der Waals surface area contributed by atoms with Crippen LogP contribution < -0.4 is 0 Å². The summed E-state index contributed by atoms with van der Waals surface area (Å²) in [6.45, 7) is 2.01. The normalized spacial score (nSPS) is 10.3. The van der Waals surface area contributed by atoms with Crippen LogP contribution in [0.1, 0.15) is 16.1 Å². The van der Waals surface area contributed by atoms with Gasteiger partial charge in [0.1, 0.15) is 0 Å². The second kappa shape index (κ2) is 4.41. The fourth-order valence-corrected chi connectivity index (χ4v) is 1.76. The number of aryl methyl sites for hydroxylation is 2. The van der Waals surface area contributed by atoms with Gasteiger partial charge in [-0.15, -0.1) is 0 Å². The first-order valence-corrected chi connectivity index (χ1v) is 5.31. The average Bonchev–Trinajstić information content (AvgIpc) is 2.70. The van der Waals surface area contributed by atoms with Crippen molar-refractivity contribution in [3.8, 4) is 11.1 Å². The Balaban J connectivity index is 2.55. The lowest BCUT2D eigenvalue weighted by molar-refractivity contribution is 0.0594. The summed E-state index contributed by atoms with van der Waals surface area (Å²) < 4.78 is 6.34. The second-order valence-electron chi connectivity index (χ2n) is 3.93. The third-order valence-electron chi connectivity index (χ3n) is 2.54. The van der Waals surface area contributed by atoms with Gasteiger partial charge in [-0.1, -0.05) is 29.8 Å². The summed E-state index contributed by atoms with van der Waals surface area (Å²) in [4.78, 5) is 11.6. The van der Waals surface area contributed by atoms with Gasteiger partial charge in [0.15, 0.2) is 5.69 Å². The first-order valence-electron chi connectivity index (χ1n) is 5.31. The summed E-state index contributed by atoms with van der Waals surface area (Å²) in [5.41, 5.74) is 3.25. The molecule has 0 aliphatic heterocycles. The Hall–Kier alpha value is -2.10. The number of carbonyl (C=O) groups is 1. The lowest BCUT2D eigenvalue weighted by Gasteiger charge is -2.01. The predicted octanol–water partition coefficient (Wildman–Crippen LogP) is 2.18. The minimum absolute atomic E-state index is 0.348. The molecule has 0 atom stereocenters. The molecule has 2 aromatic rings. The zero-order chi connectivity index (χ0) is 12.4. The Morgan fingerprint density at radius 1 is 1.41 bits per heavy atom. The third-order valence-corrected chi connectivity index (χ3v) is 2.54. The molecule has 0 fully saturated rings. The number of hydrogen-bond acceptors (Lipinski definition) is 3. The molecule has 0 saturated heterocycles. The third kappa shape index (κ3) is 2.20. The van der Waals surface area contributed by atoms with E-state index in [1.54, 1.807) is 11.7 Å². The van der Waals surface area contributed by atoms with Crippen molar-refractivity contribution in [3.63, 3.8) is 0 Å². The number of benzene rings is 1. The highest BCUT2D eigenvalue weighted by Crippen LogP contribution is 2.24. The van der Waals surface area contributed by atoms with Crippen molar-refractivity contribution in [1.82, 2.24) is 9.78 Å². The fraction of sp³-hybridized carbons (Fsp3) is 0.231. The monoisotopic (exact) mass is 230 g/mol. The van der Waals surface area contributed by atoms with E-state index in [2.05, 4.69) is 5.10 Å². The van der Waals surface area contributed by atoms with Crippen LogP contribution in [0.25, 0.3) is 11.1 Å². The van der Waals surface area contributed by atoms with E-state index in [4.69, 9.17) is 4.74 Å². The Labute approximate surface area is 99.8 Å². The molecule has 0 saturated carbocycles. The number of ether oxygens (including phenoxy) is 1. The molecule has 1 aromatic carbocycles. The number of nitrogens with zero attached hydrogens (tertiary/aromatic N) is 2. The summed E-state index contributed by atoms with van der Waals surface area (Å²) in [7, 11) is 3.14. The molecule has 1 aromatic heterocycles. The van der Waals surface area contributed by atoms with E-state index in [0.717, 1.165) is 16.7 Å². The van der Waals surface area contributed by atoms with Gasteiger partial charge in [0.25, 0.3) is 0 Å². The molecule has 0 N–H and O–H groups in total. The topological polar surface area (TPSA) is 44.1 Å². The minimum Gasteiger partial charge on any atom is -0.464 e. The SMILES string of the molecule is COC(=O)c1nn(C)cc1-c1cccc(C)c1. The standard InChI is InChI=1S/C13H14N2O2/c1-9-5-4-6-10(7-9)11-8-15(2)14-12(11)13(16)17-3/h4-8H,1-3H3. The van der Waals surface area contributed by atoms with Gasteiger partial charge in [-0.05, 0) is 12.5 Å². The number of methoxy groups -OCH3 is 1. The van der Waals surface area contributed by atoms with Crippen LogP contribution in [0.2, 0.25) is 0 Å². The summed E-state index contributed by atoms with van der Waals surface area (Å²) >= 11 is 0. The van der Waals surface area contributed by atoms with Gasteiger partial charge in [0.2, 0.25) is 0 Å². The van der Waals surface area contributed by atoms with Gasteiger partial charge in [-0.2, -0.15) is 5.10 Å². The Kier molecular flexibility index (Phi) is 2.95. The maximum atomic E-state index is 11.6. The van der Waals surface area contributed by atoms with Gasteiger partial charge < -0.3 is 4.74 Å². The fourth-order valence-electron chi connectivity index (χ4n) is 1.76. The van der Waals surface area contributed by atoms with Crippen molar-refractivity contribution in [3.05, 3.63) is 41.7 Å². The van der Waals surface area contributed by atoms with Crippen LogP contribution in [0, 0.1) is 6.92 Å². The van der Waals surface area contributed by atoms with Crippen LogP contribution in [-0.4, -0.2) is 22.9 Å². The van der Waals surface area contributed by atoms with Gasteiger partial charge in [0.05, 0.1) is 7.11 Å². The summed E-state index contributed by atoms with van der Waals surface area (Å²) in [6.07, 6.45) is 1.82. The van der Waals surface area contributed by atoms with Crippen molar-refractivity contribution < 1.29 is 9.53 Å². The van der Waals surface area contributed by atoms with E-state index in [1.807, 2.05) is 37.4 Å². The highest BCUT2D eigenvalue weighted by molar-refractivity contribution is 5.95. The van der Waals surface area contributed by atoms with Gasteiger partial charge in [-0.3, -0.25) is 4.68 Å². The zero-order valence-electron chi connectivity index (χ0n) is 10.1. The molecule has 0 radical (unpaired) electrons. The van der Waals surface area contributed by atoms with E-state index in [1.165, 1.54) is 7.11 Å². The van der Waals surface area contributed by atoms with Crippen LogP contribution in [0.15, 0.2) is 30.5 Å². The predicted molar refractivity (Wildman–Crippen MR) is 64.7 cm³/mol. The highest BCUT2D eigenvalue weighted by atomic mass is 16.5. The van der Waals surface area contributed by atoms with Crippen LogP contribution >= 0.6 is 0 Å². The molecule has 88 valence electrons. The van der Waals surface area contributed by atoms with Crippen molar-refractivity contribution in [2.75, 3.05) is 7.11 Å². The Bertz CT molecular complexity index is 558. The van der Waals surface area contributed by atoms with Gasteiger partial charge >= 0.3 is 5.97 Å². The lowest BCUT2D eigenvalue weighted by atomic mass is 10.0. The summed E-state index contributed by atoms with van der Waals surface area (Å²) in [5.74, 6) is -0.415. The molecule has 4 heteroatoms. The number of carbonyl (C=O) groups excluding carboxylic acids is 1. The molecule has 1 heterocycles. The van der Waals surface area contributed by atoms with Gasteiger partial charge in [-0.25, -0.2) is 4.79 Å². The number of rotatable bonds is 2. The Morgan fingerprint density at radius 3 is 2.82 bits per heavy atom. The molecule has 0 amide bonds. The van der Waals surface area contributed by atoms with Crippen LogP contribution in [0.5, 0.6) is 0 Å². The lowest BCUT2D eigenvalue weighted by Crippen LogP contribution is -2.04. The van der Waals surface area contributed by atoms with E-state index < -0.39 is 5.97 Å². The van der Waals surface area contributed by atoms with Crippen molar-refractivity contribution >= 4 is 5.97 Å². The van der Waals surface area contributed by atoms with Crippen LogP contribution in [0.4, 0.5) is 0 Å². The molecule has 2 rings (SSSR count). The molecule has 17 heavy (non-hydrogen) atoms. The number of hydrogen-bond donors (Lipinski definition) is 0. The van der Waals surface area contributed by atoms with Crippen LogP contribution in [0.3, 0.4) is 0 Å². The molecule has 0 unspecified atom stereocenters. The average molecular weight is 230 g/mol. The van der Waals surface area contributed by atoms with Crippen molar-refractivity contribution in [2.45, 2.75) is 6.92 Å². The Morgan fingerprint density at radius 2 is 2.18 bits per heavy atom. The van der Waals surface area contributed by atoms with E-state index in [0.29, 0.717) is 5.69 Å². The minimum atomic E-state index is -0.415. The van der Waals surface area contributed by atoms with Crippen molar-refractivity contribution in [2.24, 2.45) is 7.05 Å². The molecule has 0 spiro atoms. The van der Waals surface area contributed by atoms with Crippen molar-refractivity contribution in [1.29, 1.82) is 0 Å². The number of aromatic nitrogens is 2. The molecular formula is C13H14N2O2. The molecule has 0 bridgehead atoms. The summed E-state index contributed by atoms with van der Waals surface area (Å²) in [5, 5.41) is 4.13. The maximum Gasteiger partial charge on any atom is 0.359 e. The van der Waals surface area contributed by atoms with Gasteiger partial charge in [0, 0.05) is 18.8 Å². The first kappa shape index (κ1) is 11.4. The largest absolute Gasteiger partial charge is 0.464 e. The smallest absolute Gasteiger partial charge is 0.359 e. The number of esters is 1. The quantitative estimate of drug-likeness (QED) is 0.743. The molecule has 0 aliphatic carbocycles. The molecule has 4 nitrogen and oxygen atoms in total. The first-order chi connectivity index (χ1) is 8.11. The highest BCUT2D eigenvalue weighted by Gasteiger charge is 2.17. The second-order valence-corrected chi connectivity index (χ2v) is 3.93. The van der Waals surface area contributed by atoms with Crippen LogP contribution in [-0.2, 0) is 11.8 Å².